The molecule has 0 unspecified atom stereocenters. The summed E-state index contributed by atoms with van der Waals surface area (Å²) in [7, 11) is 1.64. The lowest BCUT2D eigenvalue weighted by Crippen LogP contribution is -2.03. The smallest absolute Gasteiger partial charge is 0.124 e. The van der Waals surface area contributed by atoms with Gasteiger partial charge in [-0.3, -0.25) is 0 Å². The van der Waals surface area contributed by atoms with Crippen molar-refractivity contribution in [1.82, 2.24) is 0 Å². The SMILES string of the molecule is COc1ccc(OCC=C(C)C)c(CN)c1. The van der Waals surface area contributed by atoms with Crippen LogP contribution in [0.1, 0.15) is 19.4 Å². The molecule has 0 bridgehead atoms. The number of hydrogen-bond acceptors (Lipinski definition) is 3. The molecule has 3 heteroatoms. The molecule has 0 saturated heterocycles. The molecule has 3 nitrogen and oxygen atoms in total. The topological polar surface area (TPSA) is 44.5 Å². The standard InChI is InChI=1S/C13H19NO2/c1-10(2)6-7-16-13-5-4-12(15-3)8-11(13)9-14/h4-6,8H,7,9,14H2,1-3H3. The number of allylic oxidation sites excluding steroid dienone is 1. The van der Waals surface area contributed by atoms with Crippen LogP contribution < -0.4 is 15.2 Å². The predicted octanol–water partition coefficient (Wildman–Crippen LogP) is 2.50. The summed E-state index contributed by atoms with van der Waals surface area (Å²) >= 11 is 0. The van der Waals surface area contributed by atoms with Crippen LogP contribution in [0.25, 0.3) is 0 Å². The maximum atomic E-state index is 5.65. The molecule has 0 aliphatic rings. The van der Waals surface area contributed by atoms with Gasteiger partial charge in [-0.25, -0.2) is 0 Å². The van der Waals surface area contributed by atoms with Gasteiger partial charge in [0.05, 0.1) is 7.11 Å². The summed E-state index contributed by atoms with van der Waals surface area (Å²) in [5.41, 5.74) is 7.85. The third kappa shape index (κ3) is 3.59. The Balaban J connectivity index is 2.75. The number of methoxy groups -OCH3 is 1. The predicted molar refractivity (Wildman–Crippen MR) is 65.8 cm³/mol. The summed E-state index contributed by atoms with van der Waals surface area (Å²) in [6.45, 7) is 5.10. The third-order valence-corrected chi connectivity index (χ3v) is 2.22. The van der Waals surface area contributed by atoms with Gasteiger partial charge in [0.2, 0.25) is 0 Å². The van der Waals surface area contributed by atoms with E-state index in [9.17, 15) is 0 Å². The van der Waals surface area contributed by atoms with Gasteiger partial charge < -0.3 is 15.2 Å². The summed E-state index contributed by atoms with van der Waals surface area (Å²) in [5.74, 6) is 1.62. The van der Waals surface area contributed by atoms with Crippen LogP contribution in [0.2, 0.25) is 0 Å². The molecule has 0 radical (unpaired) electrons. The van der Waals surface area contributed by atoms with Crippen LogP contribution in [-0.4, -0.2) is 13.7 Å². The lowest BCUT2D eigenvalue weighted by atomic mass is 10.2. The van der Waals surface area contributed by atoms with E-state index in [0.717, 1.165) is 17.1 Å². The van der Waals surface area contributed by atoms with Crippen molar-refractivity contribution in [3.05, 3.63) is 35.4 Å². The van der Waals surface area contributed by atoms with Gasteiger partial charge >= 0.3 is 0 Å². The third-order valence-electron chi connectivity index (χ3n) is 2.22. The fourth-order valence-corrected chi connectivity index (χ4v) is 1.28. The summed E-state index contributed by atoms with van der Waals surface area (Å²) in [6.07, 6.45) is 2.03. The van der Waals surface area contributed by atoms with Crippen molar-refractivity contribution < 1.29 is 9.47 Å². The molecule has 0 fully saturated rings. The van der Waals surface area contributed by atoms with E-state index in [1.54, 1.807) is 7.11 Å². The molecule has 0 aliphatic heterocycles. The lowest BCUT2D eigenvalue weighted by Gasteiger charge is -2.10. The first-order valence-corrected chi connectivity index (χ1v) is 5.30. The van der Waals surface area contributed by atoms with Crippen LogP contribution in [-0.2, 0) is 6.54 Å². The van der Waals surface area contributed by atoms with E-state index in [1.807, 2.05) is 38.1 Å². The van der Waals surface area contributed by atoms with E-state index in [4.69, 9.17) is 15.2 Å². The van der Waals surface area contributed by atoms with E-state index in [1.165, 1.54) is 5.57 Å². The second-order valence-corrected chi connectivity index (χ2v) is 3.77. The molecule has 0 aromatic heterocycles. The lowest BCUT2D eigenvalue weighted by molar-refractivity contribution is 0.355. The Bertz CT molecular complexity index is 368. The Morgan fingerprint density at radius 3 is 2.69 bits per heavy atom. The molecular weight excluding hydrogens is 202 g/mol. The van der Waals surface area contributed by atoms with Gasteiger partial charge in [-0.15, -0.1) is 0 Å². The molecule has 88 valence electrons. The van der Waals surface area contributed by atoms with Crippen molar-refractivity contribution in [3.63, 3.8) is 0 Å². The molecule has 1 aromatic carbocycles. The van der Waals surface area contributed by atoms with Crippen molar-refractivity contribution in [1.29, 1.82) is 0 Å². The highest BCUT2D eigenvalue weighted by atomic mass is 16.5. The first kappa shape index (κ1) is 12.6. The Morgan fingerprint density at radius 2 is 2.12 bits per heavy atom. The maximum Gasteiger partial charge on any atom is 0.124 e. The van der Waals surface area contributed by atoms with Gasteiger partial charge in [-0.1, -0.05) is 5.57 Å². The first-order valence-electron chi connectivity index (χ1n) is 5.30. The molecule has 0 saturated carbocycles. The molecule has 0 atom stereocenters. The monoisotopic (exact) mass is 221 g/mol. The summed E-state index contributed by atoms with van der Waals surface area (Å²) in [4.78, 5) is 0. The minimum Gasteiger partial charge on any atom is -0.497 e. The maximum absolute atomic E-state index is 5.65. The van der Waals surface area contributed by atoms with Crippen molar-refractivity contribution >= 4 is 0 Å². The zero-order valence-electron chi connectivity index (χ0n) is 10.1. The normalized spacial score (nSPS) is 9.75. The number of rotatable bonds is 5. The highest BCUT2D eigenvalue weighted by Crippen LogP contribution is 2.23. The van der Waals surface area contributed by atoms with Gasteiger partial charge in [0.1, 0.15) is 18.1 Å². The molecule has 0 aliphatic carbocycles. The quantitative estimate of drug-likeness (QED) is 0.777. The molecule has 0 spiro atoms. The molecule has 1 aromatic rings. The summed E-state index contributed by atoms with van der Waals surface area (Å²) < 4.78 is 10.8. The Kier molecular flexibility index (Phi) is 4.86. The van der Waals surface area contributed by atoms with Crippen molar-refractivity contribution in [2.45, 2.75) is 20.4 Å². The Hall–Kier alpha value is -1.48. The summed E-state index contributed by atoms with van der Waals surface area (Å²) in [6, 6.07) is 5.66. The van der Waals surface area contributed by atoms with Gasteiger partial charge in [0.25, 0.3) is 0 Å². The minimum absolute atomic E-state index is 0.446. The van der Waals surface area contributed by atoms with E-state index >= 15 is 0 Å². The zero-order chi connectivity index (χ0) is 12.0. The van der Waals surface area contributed by atoms with Crippen molar-refractivity contribution in [2.24, 2.45) is 5.73 Å². The molecule has 1 rings (SSSR count). The highest BCUT2D eigenvalue weighted by Gasteiger charge is 2.03. The van der Waals surface area contributed by atoms with E-state index < -0.39 is 0 Å². The largest absolute Gasteiger partial charge is 0.497 e. The van der Waals surface area contributed by atoms with Crippen molar-refractivity contribution in [3.8, 4) is 11.5 Å². The second-order valence-electron chi connectivity index (χ2n) is 3.77. The van der Waals surface area contributed by atoms with Gasteiger partial charge in [0, 0.05) is 12.1 Å². The van der Waals surface area contributed by atoms with Gasteiger partial charge in [-0.05, 0) is 38.1 Å². The van der Waals surface area contributed by atoms with E-state index in [0.29, 0.717) is 13.2 Å². The highest BCUT2D eigenvalue weighted by molar-refractivity contribution is 5.40. The average molecular weight is 221 g/mol. The number of hydrogen-bond donors (Lipinski definition) is 1. The number of ether oxygens (including phenoxy) is 2. The average Bonchev–Trinajstić information content (AvgIpc) is 2.29. The Labute approximate surface area is 96.9 Å². The first-order chi connectivity index (χ1) is 7.67. The molecule has 2 N–H and O–H groups in total. The van der Waals surface area contributed by atoms with Crippen LogP contribution in [0.3, 0.4) is 0 Å². The van der Waals surface area contributed by atoms with E-state index in [2.05, 4.69) is 0 Å². The number of benzene rings is 1. The number of nitrogens with two attached hydrogens (primary N) is 1. The van der Waals surface area contributed by atoms with Gasteiger partial charge in [-0.2, -0.15) is 0 Å². The fourth-order valence-electron chi connectivity index (χ4n) is 1.28. The minimum atomic E-state index is 0.446. The van der Waals surface area contributed by atoms with Crippen LogP contribution in [0, 0.1) is 0 Å². The van der Waals surface area contributed by atoms with Crippen LogP contribution in [0.15, 0.2) is 29.8 Å². The summed E-state index contributed by atoms with van der Waals surface area (Å²) in [5, 5.41) is 0. The fraction of sp³-hybridized carbons (Fsp3) is 0.385. The van der Waals surface area contributed by atoms with Crippen LogP contribution in [0.5, 0.6) is 11.5 Å². The van der Waals surface area contributed by atoms with Crippen molar-refractivity contribution in [2.75, 3.05) is 13.7 Å². The van der Waals surface area contributed by atoms with E-state index in [-0.39, 0.29) is 0 Å². The van der Waals surface area contributed by atoms with Crippen LogP contribution >= 0.6 is 0 Å². The zero-order valence-corrected chi connectivity index (χ0v) is 10.1. The molecular formula is C13H19NO2. The molecule has 16 heavy (non-hydrogen) atoms. The Morgan fingerprint density at radius 1 is 1.38 bits per heavy atom. The molecule has 0 heterocycles. The van der Waals surface area contributed by atoms with Crippen LogP contribution in [0.4, 0.5) is 0 Å². The second kappa shape index (κ2) is 6.18. The van der Waals surface area contributed by atoms with Gasteiger partial charge in [0.15, 0.2) is 0 Å². The molecule has 0 amide bonds.